The summed E-state index contributed by atoms with van der Waals surface area (Å²) < 4.78 is 6.03. The van der Waals surface area contributed by atoms with Crippen LogP contribution in [0.2, 0.25) is 0 Å². The highest BCUT2D eigenvalue weighted by atomic mass is 16.3. The first kappa shape index (κ1) is 23.4. The number of amides is 1. The minimum absolute atomic E-state index is 0.0639. The average Bonchev–Trinajstić information content (AvgIpc) is 3.21. The van der Waals surface area contributed by atoms with Gasteiger partial charge in [0.05, 0.1) is 0 Å². The Morgan fingerprint density at radius 2 is 1.75 bits per heavy atom. The van der Waals surface area contributed by atoms with Gasteiger partial charge in [0.1, 0.15) is 5.76 Å². The van der Waals surface area contributed by atoms with Crippen molar-refractivity contribution in [1.29, 1.82) is 0 Å². The van der Waals surface area contributed by atoms with Crippen LogP contribution in [-0.2, 0) is 6.42 Å². The van der Waals surface area contributed by atoms with E-state index in [4.69, 9.17) is 4.42 Å². The summed E-state index contributed by atoms with van der Waals surface area (Å²) in [6.07, 6.45) is 12.0. The fourth-order valence-electron chi connectivity index (χ4n) is 6.05. The highest BCUT2D eigenvalue weighted by Crippen LogP contribution is 2.54. The van der Waals surface area contributed by atoms with Gasteiger partial charge in [-0.25, -0.2) is 0 Å². The normalized spacial score (nSPS) is 29.3. The van der Waals surface area contributed by atoms with Crippen molar-refractivity contribution in [3.8, 4) is 0 Å². The molecule has 1 aromatic rings. The van der Waals surface area contributed by atoms with Gasteiger partial charge < -0.3 is 9.73 Å². The Hall–Kier alpha value is -1.77. The Kier molecular flexibility index (Phi) is 6.49. The zero-order valence-corrected chi connectivity index (χ0v) is 21.1. The van der Waals surface area contributed by atoms with Crippen LogP contribution in [0.3, 0.4) is 0 Å². The molecule has 0 radical (unpaired) electrons. The van der Waals surface area contributed by atoms with Gasteiger partial charge in [0.25, 0.3) is 5.91 Å². The second-order valence-corrected chi connectivity index (χ2v) is 12.3. The lowest BCUT2D eigenvalue weighted by Crippen LogP contribution is -2.33. The first-order chi connectivity index (χ1) is 15.0. The van der Waals surface area contributed by atoms with Gasteiger partial charge in [-0.15, -0.1) is 0 Å². The molecule has 0 aliphatic heterocycles. The van der Waals surface area contributed by atoms with Crippen molar-refractivity contribution >= 4 is 5.91 Å². The molecule has 1 atom stereocenters. The average molecular weight is 438 g/mol. The van der Waals surface area contributed by atoms with Crippen LogP contribution in [0.25, 0.3) is 0 Å². The molecule has 32 heavy (non-hydrogen) atoms. The second-order valence-electron chi connectivity index (χ2n) is 12.3. The fraction of sp³-hybridized carbons (Fsp3) is 0.690. The summed E-state index contributed by atoms with van der Waals surface area (Å²) in [4.78, 5) is 12.6. The molecule has 3 aliphatic rings. The molecule has 1 N–H and O–H groups in total. The van der Waals surface area contributed by atoms with Gasteiger partial charge in [0, 0.05) is 13.0 Å². The van der Waals surface area contributed by atoms with Crippen molar-refractivity contribution in [2.75, 3.05) is 6.54 Å². The number of furan rings is 1. The van der Waals surface area contributed by atoms with Crippen LogP contribution in [0.5, 0.6) is 0 Å². The molecule has 0 aromatic carbocycles. The topological polar surface area (TPSA) is 42.2 Å². The first-order valence-electron chi connectivity index (χ1n) is 12.8. The van der Waals surface area contributed by atoms with E-state index in [1.54, 1.807) is 11.1 Å². The minimum atomic E-state index is -0.0639. The van der Waals surface area contributed by atoms with E-state index < -0.39 is 0 Å². The number of rotatable bonds is 5. The van der Waals surface area contributed by atoms with Crippen LogP contribution in [0.1, 0.15) is 103 Å². The van der Waals surface area contributed by atoms with Gasteiger partial charge in [0.2, 0.25) is 0 Å². The zero-order chi connectivity index (χ0) is 23.1. The Bertz CT molecular complexity index is 905. The minimum Gasteiger partial charge on any atom is -0.456 e. The number of hydrogen-bond acceptors (Lipinski definition) is 2. The summed E-state index contributed by atoms with van der Waals surface area (Å²) in [5.74, 6) is 3.23. The maximum Gasteiger partial charge on any atom is 0.287 e. The largest absolute Gasteiger partial charge is 0.456 e. The molecule has 1 fully saturated rings. The lowest BCUT2D eigenvalue weighted by Gasteiger charge is -2.46. The van der Waals surface area contributed by atoms with Crippen molar-refractivity contribution in [3.63, 3.8) is 0 Å². The highest BCUT2D eigenvalue weighted by Gasteiger charge is 2.41. The fourth-order valence-corrected chi connectivity index (χ4v) is 6.05. The number of hydrogen-bond donors (Lipinski definition) is 1. The summed E-state index contributed by atoms with van der Waals surface area (Å²) in [7, 11) is 0. The molecule has 1 unspecified atom stereocenters. The van der Waals surface area contributed by atoms with E-state index in [1.165, 1.54) is 44.1 Å². The first-order valence-corrected chi connectivity index (χ1v) is 12.8. The molecule has 1 heterocycles. The van der Waals surface area contributed by atoms with E-state index in [0.29, 0.717) is 17.6 Å². The van der Waals surface area contributed by atoms with Crippen molar-refractivity contribution in [2.24, 2.45) is 28.6 Å². The number of nitrogens with one attached hydrogen (secondary N) is 1. The summed E-state index contributed by atoms with van der Waals surface area (Å²) in [6.45, 7) is 15.0. The lowest BCUT2D eigenvalue weighted by molar-refractivity contribution is 0.0912. The Labute approximate surface area is 195 Å². The van der Waals surface area contributed by atoms with E-state index in [1.807, 2.05) is 12.1 Å². The predicted octanol–water partition coefficient (Wildman–Crippen LogP) is 7.49. The monoisotopic (exact) mass is 437 g/mol. The second kappa shape index (κ2) is 8.88. The third-order valence-electron chi connectivity index (χ3n) is 8.73. The third-order valence-corrected chi connectivity index (χ3v) is 8.73. The Morgan fingerprint density at radius 3 is 2.47 bits per heavy atom. The van der Waals surface area contributed by atoms with Gasteiger partial charge in [-0.2, -0.15) is 0 Å². The highest BCUT2D eigenvalue weighted by molar-refractivity contribution is 5.91. The molecule has 3 heteroatoms. The SMILES string of the molecule is CC1=CC2=C(CC1Cc1ccc(C(=O)NCC3CCC(C)CC3)o1)C(C)(C)CCC2(C)C. The summed E-state index contributed by atoms with van der Waals surface area (Å²) in [6, 6.07) is 3.86. The Morgan fingerprint density at radius 1 is 1.06 bits per heavy atom. The molecule has 0 spiro atoms. The van der Waals surface area contributed by atoms with Crippen molar-refractivity contribution < 1.29 is 9.21 Å². The van der Waals surface area contributed by atoms with Gasteiger partial charge >= 0.3 is 0 Å². The van der Waals surface area contributed by atoms with Gasteiger partial charge in [-0.3, -0.25) is 4.79 Å². The third kappa shape index (κ3) is 4.92. The molecule has 1 amide bonds. The molecular formula is C29H43NO2. The summed E-state index contributed by atoms with van der Waals surface area (Å²) in [5.41, 5.74) is 5.19. The van der Waals surface area contributed by atoms with Crippen LogP contribution in [0.4, 0.5) is 0 Å². The predicted molar refractivity (Wildman–Crippen MR) is 132 cm³/mol. The van der Waals surface area contributed by atoms with Crippen LogP contribution in [0.15, 0.2) is 39.3 Å². The molecule has 4 rings (SSSR count). The molecule has 1 aromatic heterocycles. The molecule has 3 nitrogen and oxygen atoms in total. The summed E-state index contributed by atoms with van der Waals surface area (Å²) in [5, 5.41) is 3.11. The standard InChI is InChI=1S/C29H43NO2/c1-19-7-9-21(10-8-19)18-30-27(31)26-12-11-23(32-26)16-22-17-25-24(15-20(22)2)28(3,4)13-14-29(25,5)6/h11-12,15,19,21-22H,7-10,13-14,16-18H2,1-6H3,(H,30,31). The quantitative estimate of drug-likeness (QED) is 0.518. The molecule has 0 saturated heterocycles. The van der Waals surface area contributed by atoms with Gasteiger partial charge in [-0.05, 0) is 85.3 Å². The van der Waals surface area contributed by atoms with Crippen molar-refractivity contribution in [2.45, 2.75) is 92.9 Å². The van der Waals surface area contributed by atoms with Gasteiger partial charge in [-0.1, -0.05) is 64.7 Å². The van der Waals surface area contributed by atoms with E-state index in [0.717, 1.165) is 31.1 Å². The zero-order valence-electron chi connectivity index (χ0n) is 21.1. The maximum atomic E-state index is 12.6. The number of carbonyl (C=O) groups excluding carboxylic acids is 1. The van der Waals surface area contributed by atoms with E-state index >= 15 is 0 Å². The Balaban J connectivity index is 1.38. The molecule has 0 bridgehead atoms. The molecule has 3 aliphatic carbocycles. The van der Waals surface area contributed by atoms with E-state index in [9.17, 15) is 4.79 Å². The molecule has 176 valence electrons. The van der Waals surface area contributed by atoms with E-state index in [-0.39, 0.29) is 16.7 Å². The smallest absolute Gasteiger partial charge is 0.287 e. The van der Waals surface area contributed by atoms with Crippen molar-refractivity contribution in [1.82, 2.24) is 5.32 Å². The van der Waals surface area contributed by atoms with Crippen LogP contribution in [0, 0.1) is 28.6 Å². The summed E-state index contributed by atoms with van der Waals surface area (Å²) >= 11 is 0. The lowest BCUT2D eigenvalue weighted by atomic mass is 9.59. The van der Waals surface area contributed by atoms with E-state index in [2.05, 4.69) is 52.9 Å². The molecule has 1 saturated carbocycles. The number of carbonyl (C=O) groups is 1. The number of allylic oxidation sites excluding steroid dienone is 4. The van der Waals surface area contributed by atoms with Crippen molar-refractivity contribution in [3.05, 3.63) is 46.4 Å². The van der Waals surface area contributed by atoms with Crippen LogP contribution < -0.4 is 5.32 Å². The van der Waals surface area contributed by atoms with Crippen LogP contribution in [-0.4, -0.2) is 12.5 Å². The van der Waals surface area contributed by atoms with Gasteiger partial charge in [0.15, 0.2) is 5.76 Å². The van der Waals surface area contributed by atoms with Crippen LogP contribution >= 0.6 is 0 Å². The maximum absolute atomic E-state index is 12.6. The molecular weight excluding hydrogens is 394 g/mol.